The molecule has 0 bridgehead atoms. The van der Waals surface area contributed by atoms with Crippen molar-refractivity contribution in [2.24, 2.45) is 0 Å². The number of methoxy groups -OCH3 is 2. The van der Waals surface area contributed by atoms with Gasteiger partial charge in [0.15, 0.2) is 11.5 Å². The number of ether oxygens (including phenoxy) is 2. The Morgan fingerprint density at radius 2 is 1.69 bits per heavy atom. The molecule has 150 valence electrons. The Balaban J connectivity index is 1.60. The molecule has 0 spiro atoms. The molecule has 2 aromatic carbocycles. The molecular formula is C21H21FN4O3. The summed E-state index contributed by atoms with van der Waals surface area (Å²) in [6.45, 7) is 0.721. The maximum Gasteiger partial charge on any atom is 0.270 e. The van der Waals surface area contributed by atoms with Gasteiger partial charge in [0.05, 0.1) is 14.2 Å². The highest BCUT2D eigenvalue weighted by Gasteiger charge is 2.09. The molecule has 0 fully saturated rings. The molecule has 0 aliphatic rings. The van der Waals surface area contributed by atoms with Gasteiger partial charge in [0.2, 0.25) is 5.95 Å². The number of nitrogens with one attached hydrogen (secondary N) is 2. The van der Waals surface area contributed by atoms with E-state index in [1.807, 2.05) is 18.2 Å². The highest BCUT2D eigenvalue weighted by Crippen LogP contribution is 2.27. The van der Waals surface area contributed by atoms with E-state index in [0.29, 0.717) is 24.0 Å². The fourth-order valence-corrected chi connectivity index (χ4v) is 2.62. The van der Waals surface area contributed by atoms with Gasteiger partial charge in [-0.15, -0.1) is 0 Å². The van der Waals surface area contributed by atoms with Crippen molar-refractivity contribution in [2.45, 2.75) is 13.1 Å². The van der Waals surface area contributed by atoms with E-state index in [1.54, 1.807) is 26.4 Å². The van der Waals surface area contributed by atoms with Crippen molar-refractivity contribution < 1.29 is 18.7 Å². The molecule has 0 aliphatic heterocycles. The lowest BCUT2D eigenvalue weighted by Gasteiger charge is -2.11. The maximum absolute atomic E-state index is 12.9. The van der Waals surface area contributed by atoms with E-state index in [0.717, 1.165) is 11.1 Å². The van der Waals surface area contributed by atoms with Crippen LogP contribution in [0.25, 0.3) is 0 Å². The summed E-state index contributed by atoms with van der Waals surface area (Å²) in [4.78, 5) is 20.7. The van der Waals surface area contributed by atoms with Crippen LogP contribution in [0.15, 0.2) is 54.7 Å². The van der Waals surface area contributed by atoms with Gasteiger partial charge in [0.25, 0.3) is 5.91 Å². The fourth-order valence-electron chi connectivity index (χ4n) is 2.62. The van der Waals surface area contributed by atoms with Gasteiger partial charge >= 0.3 is 0 Å². The van der Waals surface area contributed by atoms with Crippen LogP contribution in [0.4, 0.5) is 10.3 Å². The lowest BCUT2D eigenvalue weighted by atomic mass is 10.2. The van der Waals surface area contributed by atoms with E-state index < -0.39 is 0 Å². The Kier molecular flexibility index (Phi) is 6.57. The molecule has 0 radical (unpaired) electrons. The lowest BCUT2D eigenvalue weighted by molar-refractivity contribution is 0.0946. The van der Waals surface area contributed by atoms with Gasteiger partial charge in [-0.1, -0.05) is 18.2 Å². The minimum Gasteiger partial charge on any atom is -0.493 e. The number of amides is 1. The van der Waals surface area contributed by atoms with Gasteiger partial charge in [-0.25, -0.2) is 14.4 Å². The topological polar surface area (TPSA) is 85.4 Å². The second-order valence-electron chi connectivity index (χ2n) is 6.12. The Hall–Kier alpha value is -3.68. The molecule has 2 N–H and O–H groups in total. The summed E-state index contributed by atoms with van der Waals surface area (Å²) < 4.78 is 23.5. The summed E-state index contributed by atoms with van der Waals surface area (Å²) in [5, 5.41) is 5.84. The summed E-state index contributed by atoms with van der Waals surface area (Å²) >= 11 is 0. The zero-order chi connectivity index (χ0) is 20.6. The number of carbonyl (C=O) groups excluding carboxylic acids is 1. The average molecular weight is 396 g/mol. The van der Waals surface area contributed by atoms with Gasteiger partial charge in [0.1, 0.15) is 11.5 Å². The quantitative estimate of drug-likeness (QED) is 0.608. The highest BCUT2D eigenvalue weighted by molar-refractivity contribution is 5.92. The fraction of sp³-hybridized carbons (Fsp3) is 0.190. The monoisotopic (exact) mass is 396 g/mol. The third-order valence-electron chi connectivity index (χ3n) is 4.15. The van der Waals surface area contributed by atoms with Gasteiger partial charge in [0, 0.05) is 19.3 Å². The van der Waals surface area contributed by atoms with Crippen LogP contribution in [-0.4, -0.2) is 30.1 Å². The number of benzene rings is 2. The number of hydrogen-bond donors (Lipinski definition) is 2. The van der Waals surface area contributed by atoms with Crippen LogP contribution >= 0.6 is 0 Å². The van der Waals surface area contributed by atoms with E-state index in [-0.39, 0.29) is 24.0 Å². The number of rotatable bonds is 8. The van der Waals surface area contributed by atoms with Crippen molar-refractivity contribution in [3.8, 4) is 11.5 Å². The molecule has 0 saturated carbocycles. The largest absolute Gasteiger partial charge is 0.493 e. The smallest absolute Gasteiger partial charge is 0.270 e. The first-order chi connectivity index (χ1) is 14.1. The number of nitrogens with zero attached hydrogens (tertiary/aromatic N) is 2. The Morgan fingerprint density at radius 3 is 2.41 bits per heavy atom. The number of anilines is 1. The SMILES string of the molecule is COc1ccc(CNc2nccc(C(=O)NCc3ccc(F)cc3)n2)cc1OC. The molecule has 3 rings (SSSR count). The molecule has 8 heteroatoms. The normalized spacial score (nSPS) is 10.3. The number of halogens is 1. The Bertz CT molecular complexity index is 980. The number of hydrogen-bond acceptors (Lipinski definition) is 6. The van der Waals surface area contributed by atoms with E-state index in [1.165, 1.54) is 24.4 Å². The lowest BCUT2D eigenvalue weighted by Crippen LogP contribution is -2.24. The third kappa shape index (κ3) is 5.41. The van der Waals surface area contributed by atoms with Crippen LogP contribution in [0.3, 0.4) is 0 Å². The van der Waals surface area contributed by atoms with Crippen molar-refractivity contribution in [1.82, 2.24) is 15.3 Å². The first-order valence-corrected chi connectivity index (χ1v) is 8.89. The molecule has 29 heavy (non-hydrogen) atoms. The highest BCUT2D eigenvalue weighted by atomic mass is 19.1. The molecule has 0 atom stereocenters. The van der Waals surface area contributed by atoms with E-state index >= 15 is 0 Å². The summed E-state index contributed by atoms with van der Waals surface area (Å²) in [5.74, 6) is 0.940. The van der Waals surface area contributed by atoms with Crippen LogP contribution in [0.5, 0.6) is 11.5 Å². The molecular weight excluding hydrogens is 375 g/mol. The Morgan fingerprint density at radius 1 is 0.966 bits per heavy atom. The summed E-state index contributed by atoms with van der Waals surface area (Å²) in [5.41, 5.74) is 1.97. The minimum absolute atomic E-state index is 0.233. The second kappa shape index (κ2) is 9.50. The molecule has 3 aromatic rings. The zero-order valence-electron chi connectivity index (χ0n) is 16.1. The third-order valence-corrected chi connectivity index (χ3v) is 4.15. The van der Waals surface area contributed by atoms with Gasteiger partial charge in [-0.2, -0.15) is 0 Å². The van der Waals surface area contributed by atoms with Crippen LogP contribution in [-0.2, 0) is 13.1 Å². The predicted molar refractivity (Wildman–Crippen MR) is 106 cm³/mol. The molecule has 0 aliphatic carbocycles. The number of aromatic nitrogens is 2. The van der Waals surface area contributed by atoms with Crippen LogP contribution in [0, 0.1) is 5.82 Å². The molecule has 1 amide bonds. The summed E-state index contributed by atoms with van der Waals surface area (Å²) in [6, 6.07) is 13.0. The van der Waals surface area contributed by atoms with Crippen molar-refractivity contribution in [2.75, 3.05) is 19.5 Å². The molecule has 0 unspecified atom stereocenters. The van der Waals surface area contributed by atoms with E-state index in [4.69, 9.17) is 9.47 Å². The molecule has 1 aromatic heterocycles. The van der Waals surface area contributed by atoms with E-state index in [2.05, 4.69) is 20.6 Å². The van der Waals surface area contributed by atoms with Crippen LogP contribution in [0.2, 0.25) is 0 Å². The van der Waals surface area contributed by atoms with Crippen molar-refractivity contribution >= 4 is 11.9 Å². The summed E-state index contributed by atoms with van der Waals surface area (Å²) in [6.07, 6.45) is 1.51. The maximum atomic E-state index is 12.9. The first kappa shape index (κ1) is 20.1. The summed E-state index contributed by atoms with van der Waals surface area (Å²) in [7, 11) is 3.16. The zero-order valence-corrected chi connectivity index (χ0v) is 16.1. The van der Waals surface area contributed by atoms with Gasteiger partial charge in [-0.3, -0.25) is 4.79 Å². The van der Waals surface area contributed by atoms with Crippen molar-refractivity contribution in [3.63, 3.8) is 0 Å². The van der Waals surface area contributed by atoms with Crippen molar-refractivity contribution in [3.05, 3.63) is 77.4 Å². The number of carbonyl (C=O) groups is 1. The molecule has 7 nitrogen and oxygen atoms in total. The average Bonchev–Trinajstić information content (AvgIpc) is 2.77. The van der Waals surface area contributed by atoms with Crippen LogP contribution in [0.1, 0.15) is 21.6 Å². The van der Waals surface area contributed by atoms with Crippen LogP contribution < -0.4 is 20.1 Å². The predicted octanol–water partition coefficient (Wildman–Crippen LogP) is 3.18. The van der Waals surface area contributed by atoms with E-state index in [9.17, 15) is 9.18 Å². The molecule has 1 heterocycles. The Labute approximate surface area is 167 Å². The van der Waals surface area contributed by atoms with Gasteiger partial charge in [-0.05, 0) is 41.5 Å². The first-order valence-electron chi connectivity index (χ1n) is 8.89. The van der Waals surface area contributed by atoms with Crippen molar-refractivity contribution in [1.29, 1.82) is 0 Å². The minimum atomic E-state index is -0.342. The van der Waals surface area contributed by atoms with Gasteiger partial charge < -0.3 is 20.1 Å². The molecule has 0 saturated heterocycles. The second-order valence-corrected chi connectivity index (χ2v) is 6.12. The standard InChI is InChI=1S/C21H21FN4O3/c1-28-18-8-5-15(11-19(18)29-2)13-25-21-23-10-9-17(26-21)20(27)24-12-14-3-6-16(22)7-4-14/h3-11H,12-13H2,1-2H3,(H,24,27)(H,23,25,26).